The SMILES string of the molecule is CCOc1ccc(C(=O)NCC(=O)NNC(=O)c2cc(C)c(CC)s2)cc1. The summed E-state index contributed by atoms with van der Waals surface area (Å²) in [5.74, 6) is -0.619. The van der Waals surface area contributed by atoms with Crippen molar-refractivity contribution in [3.63, 3.8) is 0 Å². The van der Waals surface area contributed by atoms with E-state index in [0.717, 1.165) is 16.9 Å². The molecular formula is C19H23N3O4S. The average molecular weight is 389 g/mol. The minimum absolute atomic E-state index is 0.254. The molecule has 144 valence electrons. The molecule has 0 saturated heterocycles. The molecule has 1 aromatic carbocycles. The van der Waals surface area contributed by atoms with Crippen LogP contribution >= 0.6 is 11.3 Å². The lowest BCUT2D eigenvalue weighted by molar-refractivity contribution is -0.120. The van der Waals surface area contributed by atoms with E-state index < -0.39 is 5.91 Å². The molecule has 0 aliphatic rings. The second-order valence-corrected chi connectivity index (χ2v) is 6.85. The summed E-state index contributed by atoms with van der Waals surface area (Å²) in [7, 11) is 0. The molecule has 2 rings (SSSR count). The van der Waals surface area contributed by atoms with E-state index in [1.807, 2.05) is 20.8 Å². The van der Waals surface area contributed by atoms with Gasteiger partial charge in [0.05, 0.1) is 18.0 Å². The summed E-state index contributed by atoms with van der Waals surface area (Å²) in [4.78, 5) is 37.6. The van der Waals surface area contributed by atoms with Gasteiger partial charge in [-0.3, -0.25) is 25.2 Å². The van der Waals surface area contributed by atoms with Crippen molar-refractivity contribution >= 4 is 29.1 Å². The summed E-state index contributed by atoms with van der Waals surface area (Å²) in [6.45, 7) is 6.13. The smallest absolute Gasteiger partial charge is 0.279 e. The van der Waals surface area contributed by atoms with E-state index in [9.17, 15) is 14.4 Å². The number of nitrogens with one attached hydrogen (secondary N) is 3. The number of carbonyl (C=O) groups is 3. The van der Waals surface area contributed by atoms with Crippen LogP contribution in [0.1, 0.15) is 44.3 Å². The minimum atomic E-state index is -0.522. The number of amides is 3. The molecule has 0 fully saturated rings. The minimum Gasteiger partial charge on any atom is -0.494 e. The quantitative estimate of drug-likeness (QED) is 0.633. The van der Waals surface area contributed by atoms with Crippen LogP contribution < -0.4 is 20.9 Å². The van der Waals surface area contributed by atoms with Crippen LogP contribution in [0, 0.1) is 6.92 Å². The number of hydrazine groups is 1. The van der Waals surface area contributed by atoms with Gasteiger partial charge in [0.2, 0.25) is 0 Å². The first kappa shape index (κ1) is 20.4. The monoisotopic (exact) mass is 389 g/mol. The molecule has 27 heavy (non-hydrogen) atoms. The summed E-state index contributed by atoms with van der Waals surface area (Å²) in [5.41, 5.74) is 6.12. The van der Waals surface area contributed by atoms with Crippen molar-refractivity contribution in [3.8, 4) is 5.75 Å². The lowest BCUT2D eigenvalue weighted by Gasteiger charge is -2.08. The predicted octanol–water partition coefficient (Wildman–Crippen LogP) is 2.21. The molecule has 2 aromatic rings. The van der Waals surface area contributed by atoms with Gasteiger partial charge in [-0.15, -0.1) is 11.3 Å². The van der Waals surface area contributed by atoms with E-state index in [2.05, 4.69) is 16.2 Å². The van der Waals surface area contributed by atoms with Gasteiger partial charge in [0.15, 0.2) is 0 Å². The van der Waals surface area contributed by atoms with E-state index in [-0.39, 0.29) is 18.4 Å². The Labute approximate surface area is 162 Å². The fraction of sp³-hybridized carbons (Fsp3) is 0.316. The number of benzene rings is 1. The molecule has 3 amide bonds. The van der Waals surface area contributed by atoms with Gasteiger partial charge in [0.1, 0.15) is 5.75 Å². The molecule has 1 heterocycles. The van der Waals surface area contributed by atoms with E-state index in [1.165, 1.54) is 11.3 Å². The first-order valence-corrected chi connectivity index (χ1v) is 9.45. The Bertz CT molecular complexity index is 815. The number of thiophene rings is 1. The molecule has 0 atom stereocenters. The van der Waals surface area contributed by atoms with Crippen LogP contribution in [0.4, 0.5) is 0 Å². The lowest BCUT2D eigenvalue weighted by Crippen LogP contribution is -2.46. The third-order valence-corrected chi connectivity index (χ3v) is 5.10. The Morgan fingerprint density at radius 1 is 1.04 bits per heavy atom. The van der Waals surface area contributed by atoms with E-state index in [1.54, 1.807) is 30.3 Å². The summed E-state index contributed by atoms with van der Waals surface area (Å²) >= 11 is 1.40. The van der Waals surface area contributed by atoms with Crippen molar-refractivity contribution in [2.75, 3.05) is 13.2 Å². The second-order valence-electron chi connectivity index (χ2n) is 5.71. The number of hydrogen-bond acceptors (Lipinski definition) is 5. The molecule has 0 saturated carbocycles. The largest absolute Gasteiger partial charge is 0.494 e. The molecular weight excluding hydrogens is 366 g/mol. The second kappa shape index (κ2) is 9.72. The van der Waals surface area contributed by atoms with Crippen molar-refractivity contribution in [1.82, 2.24) is 16.2 Å². The van der Waals surface area contributed by atoms with Gasteiger partial charge < -0.3 is 10.1 Å². The Morgan fingerprint density at radius 3 is 2.33 bits per heavy atom. The van der Waals surface area contributed by atoms with Gasteiger partial charge >= 0.3 is 0 Å². The van der Waals surface area contributed by atoms with Crippen LogP contribution in [0.15, 0.2) is 30.3 Å². The molecule has 0 radical (unpaired) electrons. The van der Waals surface area contributed by atoms with Crippen LogP contribution in [0.25, 0.3) is 0 Å². The van der Waals surface area contributed by atoms with Gasteiger partial charge in [-0.1, -0.05) is 6.92 Å². The molecule has 0 bridgehead atoms. The first-order chi connectivity index (χ1) is 12.9. The van der Waals surface area contributed by atoms with Crippen LogP contribution in [-0.4, -0.2) is 30.9 Å². The highest BCUT2D eigenvalue weighted by atomic mass is 32.1. The Kier molecular flexibility index (Phi) is 7.36. The normalized spacial score (nSPS) is 10.2. The van der Waals surface area contributed by atoms with E-state index >= 15 is 0 Å². The summed E-state index contributed by atoms with van der Waals surface area (Å²) in [6, 6.07) is 8.39. The maximum Gasteiger partial charge on any atom is 0.279 e. The molecule has 0 unspecified atom stereocenters. The molecule has 0 spiro atoms. The van der Waals surface area contributed by atoms with E-state index in [4.69, 9.17) is 4.74 Å². The number of carbonyl (C=O) groups excluding carboxylic acids is 3. The summed E-state index contributed by atoms with van der Waals surface area (Å²) in [6.07, 6.45) is 0.855. The highest BCUT2D eigenvalue weighted by Gasteiger charge is 2.13. The van der Waals surface area contributed by atoms with Crippen LogP contribution in [0.3, 0.4) is 0 Å². The van der Waals surface area contributed by atoms with Crippen LogP contribution in [0.2, 0.25) is 0 Å². The average Bonchev–Trinajstić information content (AvgIpc) is 3.06. The standard InChI is InChI=1S/C19H23N3O4S/c1-4-15-12(3)10-16(27-15)19(25)22-21-17(23)11-20-18(24)13-6-8-14(9-7-13)26-5-2/h6-10H,4-5,11H2,1-3H3,(H,20,24)(H,21,23)(H,22,25). The number of rotatable bonds is 7. The Morgan fingerprint density at radius 2 is 1.74 bits per heavy atom. The maximum atomic E-state index is 12.1. The van der Waals surface area contributed by atoms with Crippen LogP contribution in [-0.2, 0) is 11.2 Å². The van der Waals surface area contributed by atoms with Gasteiger partial charge in [-0.25, -0.2) is 0 Å². The van der Waals surface area contributed by atoms with Gasteiger partial charge in [0, 0.05) is 10.4 Å². The van der Waals surface area contributed by atoms with Gasteiger partial charge in [-0.2, -0.15) is 0 Å². The number of hydrogen-bond donors (Lipinski definition) is 3. The van der Waals surface area contributed by atoms with Crippen molar-refractivity contribution < 1.29 is 19.1 Å². The van der Waals surface area contributed by atoms with Crippen molar-refractivity contribution in [1.29, 1.82) is 0 Å². The fourth-order valence-corrected chi connectivity index (χ4v) is 3.36. The highest BCUT2D eigenvalue weighted by Crippen LogP contribution is 2.21. The van der Waals surface area contributed by atoms with Gasteiger partial charge in [-0.05, 0) is 56.2 Å². The van der Waals surface area contributed by atoms with Gasteiger partial charge in [0.25, 0.3) is 17.7 Å². The predicted molar refractivity (Wildman–Crippen MR) is 104 cm³/mol. The maximum absolute atomic E-state index is 12.1. The van der Waals surface area contributed by atoms with Crippen molar-refractivity contribution in [2.45, 2.75) is 27.2 Å². The topological polar surface area (TPSA) is 96.5 Å². The molecule has 1 aromatic heterocycles. The van der Waals surface area contributed by atoms with E-state index in [0.29, 0.717) is 22.8 Å². The molecule has 0 aliphatic heterocycles. The lowest BCUT2D eigenvalue weighted by atomic mass is 10.2. The molecule has 3 N–H and O–H groups in total. The zero-order valence-corrected chi connectivity index (χ0v) is 16.4. The highest BCUT2D eigenvalue weighted by molar-refractivity contribution is 7.14. The summed E-state index contributed by atoms with van der Waals surface area (Å²) < 4.78 is 5.31. The Hall–Kier alpha value is -2.87. The third kappa shape index (κ3) is 5.82. The number of ether oxygens (including phenoxy) is 1. The van der Waals surface area contributed by atoms with Crippen molar-refractivity contribution in [3.05, 3.63) is 51.2 Å². The van der Waals surface area contributed by atoms with Crippen molar-refractivity contribution in [2.24, 2.45) is 0 Å². The zero-order chi connectivity index (χ0) is 19.8. The zero-order valence-electron chi connectivity index (χ0n) is 15.5. The first-order valence-electron chi connectivity index (χ1n) is 8.64. The molecule has 7 nitrogen and oxygen atoms in total. The fourth-order valence-electron chi connectivity index (χ4n) is 2.35. The summed E-state index contributed by atoms with van der Waals surface area (Å²) in [5, 5.41) is 2.50. The number of aryl methyl sites for hydroxylation is 2. The third-order valence-electron chi connectivity index (χ3n) is 3.72. The Balaban J connectivity index is 1.78. The molecule has 0 aliphatic carbocycles. The molecule has 8 heteroatoms. The van der Waals surface area contributed by atoms with Crippen LogP contribution in [0.5, 0.6) is 5.75 Å².